The van der Waals surface area contributed by atoms with Gasteiger partial charge in [-0.25, -0.2) is 18.2 Å². The molecule has 1 saturated heterocycles. The van der Waals surface area contributed by atoms with Gasteiger partial charge in [0.15, 0.2) is 5.72 Å². The predicted molar refractivity (Wildman–Crippen MR) is 119 cm³/mol. The SMILES string of the molecule is COc1cccc(F)c1-c1nc(C(=O)NC2(OC3CCCNCC3)C=NSC2)ccc1F. The van der Waals surface area contributed by atoms with Gasteiger partial charge in [0, 0.05) is 0 Å². The summed E-state index contributed by atoms with van der Waals surface area (Å²) in [6.45, 7) is 1.77. The van der Waals surface area contributed by atoms with Crippen LogP contribution in [0.15, 0.2) is 34.7 Å². The molecule has 1 aromatic heterocycles. The zero-order valence-corrected chi connectivity index (χ0v) is 18.4. The van der Waals surface area contributed by atoms with Crippen molar-refractivity contribution in [2.24, 2.45) is 4.40 Å². The molecule has 0 saturated carbocycles. The minimum absolute atomic E-state index is 0.0325. The van der Waals surface area contributed by atoms with Crippen molar-refractivity contribution in [3.8, 4) is 17.0 Å². The third-order valence-electron chi connectivity index (χ3n) is 5.35. The molecule has 10 heteroatoms. The number of amides is 1. The lowest BCUT2D eigenvalue weighted by atomic mass is 10.1. The Balaban J connectivity index is 1.59. The first kappa shape index (κ1) is 22.6. The van der Waals surface area contributed by atoms with Gasteiger partial charge < -0.3 is 20.1 Å². The van der Waals surface area contributed by atoms with E-state index in [0.29, 0.717) is 5.75 Å². The standard InChI is InChI=1S/C22H24F2N4O3S/c1-30-18-6-2-5-15(23)19(18)20-16(24)7-8-17(27-20)21(29)28-22(12-26-32-13-22)31-14-4-3-10-25-11-9-14/h2,5-8,12,14,25H,3-4,9-11,13H2,1H3,(H,28,29). The second-order valence-corrected chi connectivity index (χ2v) is 8.37. The molecule has 1 fully saturated rings. The Hall–Kier alpha value is -2.56. The third-order valence-corrected chi connectivity index (χ3v) is 6.16. The van der Waals surface area contributed by atoms with Crippen LogP contribution in [0.4, 0.5) is 8.78 Å². The Bertz CT molecular complexity index is 1010. The molecule has 2 aliphatic rings. The van der Waals surface area contributed by atoms with Crippen LogP contribution in [-0.4, -0.2) is 54.9 Å². The summed E-state index contributed by atoms with van der Waals surface area (Å²) in [7, 11) is 1.36. The fourth-order valence-corrected chi connectivity index (χ4v) is 4.49. The highest BCUT2D eigenvalue weighted by Crippen LogP contribution is 2.33. The molecule has 2 aromatic rings. The number of methoxy groups -OCH3 is 1. The van der Waals surface area contributed by atoms with Gasteiger partial charge in [-0.2, -0.15) is 0 Å². The van der Waals surface area contributed by atoms with Crippen molar-refractivity contribution in [2.45, 2.75) is 31.1 Å². The molecule has 0 radical (unpaired) electrons. The van der Waals surface area contributed by atoms with Crippen LogP contribution in [0, 0.1) is 11.6 Å². The molecule has 1 aromatic carbocycles. The zero-order chi connectivity index (χ0) is 22.6. The Morgan fingerprint density at radius 1 is 1.22 bits per heavy atom. The average Bonchev–Trinajstić information content (AvgIpc) is 3.08. The summed E-state index contributed by atoms with van der Waals surface area (Å²) in [6, 6.07) is 6.48. The summed E-state index contributed by atoms with van der Waals surface area (Å²) in [5.41, 5.74) is -1.59. The molecule has 170 valence electrons. The van der Waals surface area contributed by atoms with Crippen LogP contribution in [0.1, 0.15) is 29.8 Å². The zero-order valence-electron chi connectivity index (χ0n) is 17.6. The molecule has 2 aliphatic heterocycles. The third kappa shape index (κ3) is 4.92. The molecule has 2 unspecified atom stereocenters. The van der Waals surface area contributed by atoms with Gasteiger partial charge in [0.2, 0.25) is 0 Å². The highest BCUT2D eigenvalue weighted by molar-refractivity contribution is 7.98. The van der Waals surface area contributed by atoms with Gasteiger partial charge in [0.1, 0.15) is 28.8 Å². The molecule has 32 heavy (non-hydrogen) atoms. The fraction of sp³-hybridized carbons (Fsp3) is 0.409. The molecule has 2 N–H and O–H groups in total. The molecule has 0 bridgehead atoms. The van der Waals surface area contributed by atoms with E-state index in [1.807, 2.05) is 0 Å². The van der Waals surface area contributed by atoms with Crippen molar-refractivity contribution in [1.29, 1.82) is 0 Å². The van der Waals surface area contributed by atoms with Crippen molar-refractivity contribution in [1.82, 2.24) is 15.6 Å². The Morgan fingerprint density at radius 3 is 2.88 bits per heavy atom. The molecular formula is C22H24F2N4O3S. The number of hydrogen-bond acceptors (Lipinski definition) is 7. The van der Waals surface area contributed by atoms with Gasteiger partial charge >= 0.3 is 0 Å². The molecular weight excluding hydrogens is 438 g/mol. The quantitative estimate of drug-likeness (QED) is 0.506. The first-order chi connectivity index (χ1) is 15.5. The number of rotatable bonds is 6. The lowest BCUT2D eigenvalue weighted by molar-refractivity contribution is -0.0512. The fourth-order valence-electron chi connectivity index (χ4n) is 3.76. The van der Waals surface area contributed by atoms with Crippen LogP contribution < -0.4 is 15.4 Å². The van der Waals surface area contributed by atoms with Crippen molar-refractivity contribution in [3.05, 3.63) is 47.7 Å². The highest BCUT2D eigenvalue weighted by Gasteiger charge is 2.38. The van der Waals surface area contributed by atoms with Crippen molar-refractivity contribution in [3.63, 3.8) is 0 Å². The van der Waals surface area contributed by atoms with E-state index in [4.69, 9.17) is 9.47 Å². The van der Waals surface area contributed by atoms with Gasteiger partial charge in [-0.3, -0.25) is 4.79 Å². The lowest BCUT2D eigenvalue weighted by Crippen LogP contribution is -2.54. The summed E-state index contributed by atoms with van der Waals surface area (Å²) in [5, 5.41) is 6.19. The van der Waals surface area contributed by atoms with Gasteiger partial charge in [-0.1, -0.05) is 6.07 Å². The number of nitrogens with zero attached hydrogens (tertiary/aromatic N) is 2. The van der Waals surface area contributed by atoms with Crippen LogP contribution in [-0.2, 0) is 4.74 Å². The maximum absolute atomic E-state index is 14.6. The molecule has 3 heterocycles. The largest absolute Gasteiger partial charge is 0.496 e. The van der Waals surface area contributed by atoms with E-state index >= 15 is 0 Å². The summed E-state index contributed by atoms with van der Waals surface area (Å²) in [5.74, 6) is -1.50. The topological polar surface area (TPSA) is 84.8 Å². The highest BCUT2D eigenvalue weighted by atomic mass is 32.2. The number of pyridine rings is 1. The van der Waals surface area contributed by atoms with E-state index in [-0.39, 0.29) is 28.8 Å². The van der Waals surface area contributed by atoms with E-state index in [0.717, 1.165) is 38.4 Å². The van der Waals surface area contributed by atoms with Crippen LogP contribution in [0.5, 0.6) is 5.75 Å². The first-order valence-electron chi connectivity index (χ1n) is 10.4. The predicted octanol–water partition coefficient (Wildman–Crippen LogP) is 3.35. The van der Waals surface area contributed by atoms with Gasteiger partial charge in [0.25, 0.3) is 5.91 Å². The lowest BCUT2D eigenvalue weighted by Gasteiger charge is -2.31. The number of benzene rings is 1. The smallest absolute Gasteiger partial charge is 0.272 e. The monoisotopic (exact) mass is 462 g/mol. The minimum atomic E-state index is -1.08. The second kappa shape index (κ2) is 9.93. The summed E-state index contributed by atoms with van der Waals surface area (Å²) in [4.78, 5) is 17.2. The minimum Gasteiger partial charge on any atom is -0.496 e. The van der Waals surface area contributed by atoms with Crippen LogP contribution in [0.25, 0.3) is 11.3 Å². The number of halogens is 2. The van der Waals surface area contributed by atoms with Crippen molar-refractivity contribution < 1.29 is 23.0 Å². The molecule has 2 atom stereocenters. The van der Waals surface area contributed by atoms with Gasteiger partial charge in [0.05, 0.1) is 30.7 Å². The van der Waals surface area contributed by atoms with E-state index in [1.165, 1.54) is 43.3 Å². The first-order valence-corrected chi connectivity index (χ1v) is 11.3. The van der Waals surface area contributed by atoms with Gasteiger partial charge in [-0.05, 0) is 68.6 Å². The molecule has 0 spiro atoms. The van der Waals surface area contributed by atoms with E-state index in [2.05, 4.69) is 20.0 Å². The Morgan fingerprint density at radius 2 is 2.09 bits per heavy atom. The number of carbonyl (C=O) groups excluding carboxylic acids is 1. The molecule has 0 aliphatic carbocycles. The number of carbonyl (C=O) groups is 1. The van der Waals surface area contributed by atoms with Crippen molar-refractivity contribution in [2.75, 3.05) is 26.0 Å². The average molecular weight is 463 g/mol. The molecule has 4 rings (SSSR count). The van der Waals surface area contributed by atoms with Crippen LogP contribution >= 0.6 is 11.9 Å². The maximum Gasteiger partial charge on any atom is 0.272 e. The van der Waals surface area contributed by atoms with Crippen LogP contribution in [0.2, 0.25) is 0 Å². The number of nitrogens with one attached hydrogen (secondary N) is 2. The van der Waals surface area contributed by atoms with E-state index in [9.17, 15) is 13.6 Å². The normalized spacial score (nSPS) is 23.0. The maximum atomic E-state index is 14.6. The summed E-state index contributed by atoms with van der Waals surface area (Å²) < 4.78 is 44.7. The van der Waals surface area contributed by atoms with Crippen LogP contribution in [0.3, 0.4) is 0 Å². The second-order valence-electron chi connectivity index (χ2n) is 7.62. The summed E-state index contributed by atoms with van der Waals surface area (Å²) in [6.07, 6.45) is 4.22. The Kier molecular flexibility index (Phi) is 7.02. The molecule has 1 amide bonds. The molecule has 7 nitrogen and oxygen atoms in total. The number of aromatic nitrogens is 1. The Labute approximate surface area is 189 Å². The number of ether oxygens (including phenoxy) is 2. The number of hydrogen-bond donors (Lipinski definition) is 2. The van der Waals surface area contributed by atoms with Crippen molar-refractivity contribution >= 4 is 24.1 Å². The van der Waals surface area contributed by atoms with E-state index in [1.54, 1.807) is 6.21 Å². The van der Waals surface area contributed by atoms with Gasteiger partial charge in [-0.15, -0.1) is 0 Å². The van der Waals surface area contributed by atoms with E-state index < -0.39 is 23.3 Å². The summed E-state index contributed by atoms with van der Waals surface area (Å²) >= 11 is 1.29.